The van der Waals surface area contributed by atoms with Gasteiger partial charge < -0.3 is 71.1 Å². The van der Waals surface area contributed by atoms with Crippen LogP contribution < -0.4 is 26.6 Å². The van der Waals surface area contributed by atoms with Crippen molar-refractivity contribution in [3.8, 4) is 0 Å². The molecule has 540 valence electrons. The Bertz CT molecular complexity index is 2560. The van der Waals surface area contributed by atoms with Gasteiger partial charge in [-0.1, -0.05) is 109 Å². The largest absolute Gasteiger partial charge is 0.390 e. The van der Waals surface area contributed by atoms with Gasteiger partial charge in [0.2, 0.25) is 65.0 Å². The highest BCUT2D eigenvalue weighted by Crippen LogP contribution is 2.27. The number of nitrogens with zero attached hydrogens (tertiary/aromatic N) is 7. The third-order valence-corrected chi connectivity index (χ3v) is 18.5. The van der Waals surface area contributed by atoms with E-state index in [1.54, 1.807) is 60.6 Å². The van der Waals surface area contributed by atoms with Crippen LogP contribution in [0.25, 0.3) is 0 Å². The Morgan fingerprint density at radius 1 is 0.511 bits per heavy atom. The number of nitrogens with one attached hydrogen (secondary N) is 5. The molecule has 25 nitrogen and oxygen atoms in total. The molecule has 1 rings (SSSR count). The number of aliphatic hydroxyl groups excluding tert-OH is 1. The maximum atomic E-state index is 15.4. The quantitative estimate of drug-likeness (QED) is 0.0639. The molecule has 1 aliphatic rings. The van der Waals surface area contributed by atoms with Crippen molar-refractivity contribution in [2.45, 2.75) is 254 Å². The molecule has 13 atom stereocenters. The van der Waals surface area contributed by atoms with Crippen molar-refractivity contribution in [1.82, 2.24) is 60.9 Å². The lowest BCUT2D eigenvalue weighted by Crippen LogP contribution is -2.64. The van der Waals surface area contributed by atoms with E-state index in [1.807, 2.05) is 55.4 Å². The maximum Gasteiger partial charge on any atom is 0.246 e. The summed E-state index contributed by atoms with van der Waals surface area (Å²) in [7, 11) is 9.85. The van der Waals surface area contributed by atoms with Gasteiger partial charge in [0.05, 0.1) is 11.7 Å². The molecule has 7 N–H and O–H groups in total. The number of hydrogen-bond acceptors (Lipinski definition) is 15. The maximum absolute atomic E-state index is 15.4. The van der Waals surface area contributed by atoms with Gasteiger partial charge in [0, 0.05) is 79.8 Å². The molecule has 0 radical (unpaired) electrons. The molecule has 1 saturated heterocycles. The first-order chi connectivity index (χ1) is 43.3. The first-order valence-electron chi connectivity index (χ1n) is 33.7. The number of amides is 11. The fourth-order valence-corrected chi connectivity index (χ4v) is 12.6. The Labute approximate surface area is 567 Å². The van der Waals surface area contributed by atoms with E-state index in [4.69, 9.17) is 0 Å². The summed E-state index contributed by atoms with van der Waals surface area (Å²) in [6, 6.07) is -14.3. The molecule has 0 aromatic heterocycles. The van der Waals surface area contributed by atoms with Crippen molar-refractivity contribution in [3.63, 3.8) is 0 Å². The number of likely N-dealkylation sites (N-methyl/N-ethyl adjacent to an activating group) is 7. The first kappa shape index (κ1) is 86.2. The molecule has 26 heteroatoms. The Kier molecular flexibility index (Phi) is 36.1. The third-order valence-electron chi connectivity index (χ3n) is 17.5. The smallest absolute Gasteiger partial charge is 0.246 e. The molecule has 0 aliphatic carbocycles. The second-order valence-electron chi connectivity index (χ2n) is 28.9. The summed E-state index contributed by atoms with van der Waals surface area (Å²) in [5, 5.41) is 38.1. The van der Waals surface area contributed by atoms with Crippen LogP contribution in [0.1, 0.15) is 170 Å². The Hall–Kier alpha value is -5.86. The van der Waals surface area contributed by atoms with Gasteiger partial charge in [-0.3, -0.25) is 52.7 Å². The summed E-state index contributed by atoms with van der Waals surface area (Å²) in [4.78, 5) is 172. The lowest BCUT2D eigenvalue weighted by Gasteiger charge is -2.41. The van der Waals surface area contributed by atoms with Crippen LogP contribution in [0, 0.1) is 35.5 Å². The summed E-state index contributed by atoms with van der Waals surface area (Å²) in [5.74, 6) is -9.80. The van der Waals surface area contributed by atoms with Gasteiger partial charge >= 0.3 is 0 Å². The van der Waals surface area contributed by atoms with Crippen LogP contribution in [0.15, 0.2) is 12.2 Å². The SMILES string of the molecule is CC=CC[C@@H](C)[C@@H](O)[C@H]1C(=O)N[C@@H](CC)C(=O)N(C)[C@H](CSCCNC(C)C)C(=O)N(C)[C@@H](CC(C)(C)O)C(=O)N[C@@H](C(C)C)C(=O)N(C)[C@@H](CC(C)C)C(=O)N[C@@H](C)C(=O)N[C@H](C)C(=O)N(C)[C@@H](CC(C)C)C(=O)N(C)[C@@H](CC(C)C)C(=O)N(C)[C@@H](C(C)C)C(=O)N1C. The minimum atomic E-state index is -1.66. The minimum absolute atomic E-state index is 0.00246. The number of allylic oxidation sites excluding steroid dienone is 2. The van der Waals surface area contributed by atoms with E-state index in [0.717, 1.165) is 9.80 Å². The number of carbonyl (C=O) groups excluding carboxylic acids is 11. The molecule has 0 saturated carbocycles. The van der Waals surface area contributed by atoms with Crippen molar-refractivity contribution in [2.75, 3.05) is 67.4 Å². The Balaban J connectivity index is 4.57. The molecular weight excluding hydrogens is 1220 g/mol. The predicted molar refractivity (Wildman–Crippen MR) is 369 cm³/mol. The molecule has 1 aliphatic heterocycles. The zero-order valence-corrected chi connectivity index (χ0v) is 62.7. The van der Waals surface area contributed by atoms with Crippen LogP contribution in [-0.4, -0.2) is 261 Å². The van der Waals surface area contributed by atoms with Crippen LogP contribution in [0.3, 0.4) is 0 Å². The highest BCUT2D eigenvalue weighted by molar-refractivity contribution is 7.99. The molecular formula is C68H124N12O13S. The summed E-state index contributed by atoms with van der Waals surface area (Å²) >= 11 is 1.36. The predicted octanol–water partition coefficient (Wildman–Crippen LogP) is 3.48. The lowest BCUT2D eigenvalue weighted by atomic mass is 9.91. The third kappa shape index (κ3) is 25.3. The van der Waals surface area contributed by atoms with E-state index in [0.29, 0.717) is 12.3 Å². The van der Waals surface area contributed by atoms with Gasteiger partial charge in [0.25, 0.3) is 0 Å². The van der Waals surface area contributed by atoms with E-state index in [1.165, 1.54) is 113 Å². The van der Waals surface area contributed by atoms with Crippen molar-refractivity contribution in [3.05, 3.63) is 12.2 Å². The van der Waals surface area contributed by atoms with Crippen LogP contribution in [0.4, 0.5) is 0 Å². The number of thioether (sulfide) groups is 1. The Morgan fingerprint density at radius 2 is 0.947 bits per heavy atom. The minimum Gasteiger partial charge on any atom is -0.390 e. The fourth-order valence-electron chi connectivity index (χ4n) is 11.6. The zero-order chi connectivity index (χ0) is 72.9. The molecule has 0 unspecified atom stereocenters. The number of carbonyl (C=O) groups is 11. The fraction of sp³-hybridized carbons (Fsp3) is 0.809. The van der Waals surface area contributed by atoms with Gasteiger partial charge in [-0.2, -0.15) is 11.8 Å². The highest BCUT2D eigenvalue weighted by atomic mass is 32.2. The summed E-state index contributed by atoms with van der Waals surface area (Å²) < 4.78 is 0. The molecule has 0 aromatic carbocycles. The second-order valence-corrected chi connectivity index (χ2v) is 30.0. The van der Waals surface area contributed by atoms with Gasteiger partial charge in [0.1, 0.15) is 66.5 Å². The van der Waals surface area contributed by atoms with Gasteiger partial charge in [-0.15, -0.1) is 0 Å². The van der Waals surface area contributed by atoms with Crippen LogP contribution >= 0.6 is 11.8 Å². The molecule has 1 fully saturated rings. The molecule has 1 heterocycles. The average Bonchev–Trinajstić information content (AvgIpc) is 0.810. The monoisotopic (exact) mass is 1350 g/mol. The van der Waals surface area contributed by atoms with Gasteiger partial charge in [0.15, 0.2) is 0 Å². The van der Waals surface area contributed by atoms with E-state index in [-0.39, 0.29) is 68.1 Å². The normalized spacial score (nSPS) is 26.5. The van der Waals surface area contributed by atoms with Crippen molar-refractivity contribution in [2.24, 2.45) is 35.5 Å². The summed E-state index contributed by atoms with van der Waals surface area (Å²) in [5.41, 5.74) is -1.59. The lowest BCUT2D eigenvalue weighted by molar-refractivity contribution is -0.157. The first-order valence-corrected chi connectivity index (χ1v) is 34.9. The number of rotatable bonds is 21. The molecule has 11 amide bonds. The standard InChI is InChI=1S/C68H124N12O13S/c1-27-29-30-44(15)56(81)55-60(85)72-47(28-2)62(87)78(24)52(37-94-32-31-69-43(13)14)65(90)77(23)51(36-68(18,19)93)59(84)73-53(41(9)10)66(91)74(20)48(33-38(3)4)58(83)70-45(16)57(82)71-46(17)61(86)75(21)49(34-39(5)6)63(88)76(22)50(35-40(7)8)64(89)79(25)54(42(11)12)67(92)80(55)26/h27,29,38-56,69,81,93H,28,30-37H2,1-26H3,(H,70,83)(H,71,82)(H,72,85)(H,73,84)/t44-,45+,46-,47+,48+,49+,50+,51+,52-,53+,54+,55+,56-/m1/s1. The molecule has 0 aromatic rings. The van der Waals surface area contributed by atoms with Crippen LogP contribution in [-0.2, 0) is 52.7 Å². The highest BCUT2D eigenvalue weighted by Gasteiger charge is 2.47. The summed E-state index contributed by atoms with van der Waals surface area (Å²) in [6.07, 6.45) is 2.35. The Morgan fingerprint density at radius 3 is 1.41 bits per heavy atom. The van der Waals surface area contributed by atoms with E-state index < -0.39 is 161 Å². The van der Waals surface area contributed by atoms with E-state index in [2.05, 4.69) is 26.6 Å². The van der Waals surface area contributed by atoms with Crippen LogP contribution in [0.2, 0.25) is 0 Å². The molecule has 94 heavy (non-hydrogen) atoms. The van der Waals surface area contributed by atoms with E-state index >= 15 is 28.8 Å². The van der Waals surface area contributed by atoms with Gasteiger partial charge in [-0.05, 0) is 102 Å². The molecule has 0 spiro atoms. The van der Waals surface area contributed by atoms with E-state index in [9.17, 15) is 34.2 Å². The average molecular weight is 1350 g/mol. The van der Waals surface area contributed by atoms with Gasteiger partial charge in [-0.25, -0.2) is 0 Å². The summed E-state index contributed by atoms with van der Waals surface area (Å²) in [6.45, 7) is 33.4. The second kappa shape index (κ2) is 39.4. The number of hydrogen-bond donors (Lipinski definition) is 7. The topological polar surface area (TPSA) is 311 Å². The van der Waals surface area contributed by atoms with Crippen molar-refractivity contribution >= 4 is 76.7 Å². The molecule has 0 bridgehead atoms. The van der Waals surface area contributed by atoms with Crippen LogP contribution in [0.5, 0.6) is 0 Å². The number of aliphatic hydroxyl groups is 2. The van der Waals surface area contributed by atoms with Crippen molar-refractivity contribution in [1.29, 1.82) is 0 Å². The van der Waals surface area contributed by atoms with Crippen molar-refractivity contribution < 1.29 is 63.0 Å². The zero-order valence-electron chi connectivity index (χ0n) is 61.9.